The Morgan fingerprint density at radius 3 is 2.67 bits per heavy atom. The first kappa shape index (κ1) is 9.83. The van der Waals surface area contributed by atoms with Gasteiger partial charge in [-0.15, -0.1) is 0 Å². The van der Waals surface area contributed by atoms with Gasteiger partial charge in [-0.3, -0.25) is 0 Å². The van der Waals surface area contributed by atoms with Crippen molar-refractivity contribution in [3.63, 3.8) is 0 Å². The molecule has 0 spiro atoms. The van der Waals surface area contributed by atoms with Gasteiger partial charge in [0.25, 0.3) is 0 Å². The summed E-state index contributed by atoms with van der Waals surface area (Å²) < 4.78 is 0. The first-order chi connectivity index (χ1) is 7.36. The molecule has 4 nitrogen and oxygen atoms in total. The van der Waals surface area contributed by atoms with Crippen molar-refractivity contribution in [3.8, 4) is 0 Å². The molecule has 0 bridgehead atoms. The summed E-state index contributed by atoms with van der Waals surface area (Å²) in [7, 11) is 0. The van der Waals surface area contributed by atoms with E-state index >= 15 is 0 Å². The molecule has 2 aromatic rings. The van der Waals surface area contributed by atoms with Crippen LogP contribution in [0.3, 0.4) is 0 Å². The molecule has 15 heavy (non-hydrogen) atoms. The standard InChI is InChI=1S/C11H14N4/c1-3-15(4-2)11-9-6-5-7-12-10(9)13-8-14-11/h5-8H,3-4H2,1-2H3. The van der Waals surface area contributed by atoms with E-state index in [9.17, 15) is 0 Å². The monoisotopic (exact) mass is 202 g/mol. The minimum absolute atomic E-state index is 0.759. The average molecular weight is 202 g/mol. The maximum atomic E-state index is 4.32. The van der Waals surface area contributed by atoms with E-state index in [2.05, 4.69) is 33.7 Å². The van der Waals surface area contributed by atoms with E-state index in [1.54, 1.807) is 12.5 Å². The first-order valence-corrected chi connectivity index (χ1v) is 5.17. The molecule has 0 aromatic carbocycles. The zero-order valence-corrected chi connectivity index (χ0v) is 9.01. The summed E-state index contributed by atoms with van der Waals surface area (Å²) in [4.78, 5) is 14.9. The Labute approximate surface area is 89.0 Å². The number of hydrogen-bond acceptors (Lipinski definition) is 4. The third-order valence-electron chi connectivity index (χ3n) is 2.45. The van der Waals surface area contributed by atoms with Gasteiger partial charge in [0.2, 0.25) is 0 Å². The molecular formula is C11H14N4. The van der Waals surface area contributed by atoms with Crippen LogP contribution in [0.4, 0.5) is 5.82 Å². The lowest BCUT2D eigenvalue weighted by atomic mass is 10.3. The van der Waals surface area contributed by atoms with Crippen LogP contribution < -0.4 is 4.90 Å². The number of hydrogen-bond donors (Lipinski definition) is 0. The highest BCUT2D eigenvalue weighted by molar-refractivity contribution is 5.86. The molecule has 0 unspecified atom stereocenters. The summed E-state index contributed by atoms with van der Waals surface area (Å²) in [5.41, 5.74) is 0.759. The van der Waals surface area contributed by atoms with Crippen LogP contribution in [0, 0.1) is 0 Å². The van der Waals surface area contributed by atoms with Crippen LogP contribution >= 0.6 is 0 Å². The summed E-state index contributed by atoms with van der Waals surface area (Å²) >= 11 is 0. The summed E-state index contributed by atoms with van der Waals surface area (Å²) in [5, 5.41) is 1.02. The third kappa shape index (κ3) is 1.75. The van der Waals surface area contributed by atoms with Gasteiger partial charge in [0.15, 0.2) is 5.65 Å². The fourth-order valence-corrected chi connectivity index (χ4v) is 1.66. The summed E-state index contributed by atoms with van der Waals surface area (Å²) in [6.07, 6.45) is 3.32. The van der Waals surface area contributed by atoms with Crippen LogP contribution in [0.15, 0.2) is 24.7 Å². The van der Waals surface area contributed by atoms with Crippen LogP contribution in [0.5, 0.6) is 0 Å². The highest BCUT2D eigenvalue weighted by Crippen LogP contribution is 2.20. The average Bonchev–Trinajstić information content (AvgIpc) is 2.31. The fraction of sp³-hybridized carbons (Fsp3) is 0.364. The smallest absolute Gasteiger partial charge is 0.164 e. The molecular weight excluding hydrogens is 188 g/mol. The first-order valence-electron chi connectivity index (χ1n) is 5.17. The zero-order valence-electron chi connectivity index (χ0n) is 9.01. The lowest BCUT2D eigenvalue weighted by Crippen LogP contribution is -2.23. The summed E-state index contributed by atoms with van der Waals surface area (Å²) in [6, 6.07) is 3.93. The van der Waals surface area contributed by atoms with E-state index in [1.807, 2.05) is 12.1 Å². The minimum atomic E-state index is 0.759. The molecule has 0 saturated carbocycles. The van der Waals surface area contributed by atoms with Crippen molar-refractivity contribution < 1.29 is 0 Å². The van der Waals surface area contributed by atoms with E-state index in [-0.39, 0.29) is 0 Å². The van der Waals surface area contributed by atoms with Gasteiger partial charge in [-0.2, -0.15) is 0 Å². The highest BCUT2D eigenvalue weighted by Gasteiger charge is 2.08. The van der Waals surface area contributed by atoms with Crippen molar-refractivity contribution in [2.75, 3.05) is 18.0 Å². The van der Waals surface area contributed by atoms with Crippen LogP contribution in [-0.4, -0.2) is 28.0 Å². The fourth-order valence-electron chi connectivity index (χ4n) is 1.66. The van der Waals surface area contributed by atoms with Crippen LogP contribution in [-0.2, 0) is 0 Å². The number of rotatable bonds is 3. The molecule has 0 saturated heterocycles. The molecule has 0 radical (unpaired) electrons. The molecule has 2 heterocycles. The third-order valence-corrected chi connectivity index (χ3v) is 2.45. The molecule has 4 heteroatoms. The van der Waals surface area contributed by atoms with Gasteiger partial charge in [0.05, 0.1) is 5.39 Å². The van der Waals surface area contributed by atoms with Crippen LogP contribution in [0.2, 0.25) is 0 Å². The van der Waals surface area contributed by atoms with Gasteiger partial charge < -0.3 is 4.90 Å². The SMILES string of the molecule is CCN(CC)c1ncnc2ncccc12. The van der Waals surface area contributed by atoms with Crippen molar-refractivity contribution in [1.29, 1.82) is 0 Å². The number of pyridine rings is 1. The van der Waals surface area contributed by atoms with Gasteiger partial charge in [-0.1, -0.05) is 0 Å². The molecule has 0 N–H and O–H groups in total. The van der Waals surface area contributed by atoms with Gasteiger partial charge in [-0.05, 0) is 26.0 Å². The Hall–Kier alpha value is -1.71. The van der Waals surface area contributed by atoms with E-state index in [0.717, 1.165) is 29.9 Å². The van der Waals surface area contributed by atoms with E-state index in [4.69, 9.17) is 0 Å². The predicted octanol–water partition coefficient (Wildman–Crippen LogP) is 1.87. The van der Waals surface area contributed by atoms with E-state index in [1.165, 1.54) is 0 Å². The summed E-state index contributed by atoms with van der Waals surface area (Å²) in [6.45, 7) is 6.12. The van der Waals surface area contributed by atoms with Crippen molar-refractivity contribution in [1.82, 2.24) is 15.0 Å². The maximum absolute atomic E-state index is 4.32. The second-order valence-electron chi connectivity index (χ2n) is 3.24. The molecule has 0 fully saturated rings. The number of anilines is 1. The normalized spacial score (nSPS) is 10.5. The molecule has 2 aromatic heterocycles. The topological polar surface area (TPSA) is 41.9 Å². The lowest BCUT2D eigenvalue weighted by molar-refractivity contribution is 0.848. The Morgan fingerprint density at radius 1 is 1.13 bits per heavy atom. The van der Waals surface area contributed by atoms with Crippen LogP contribution in [0.1, 0.15) is 13.8 Å². The van der Waals surface area contributed by atoms with Gasteiger partial charge in [-0.25, -0.2) is 15.0 Å². The number of nitrogens with zero attached hydrogens (tertiary/aromatic N) is 4. The summed E-state index contributed by atoms with van der Waals surface area (Å²) in [5.74, 6) is 0.970. The second kappa shape index (κ2) is 4.21. The van der Waals surface area contributed by atoms with Crippen molar-refractivity contribution >= 4 is 16.9 Å². The lowest BCUT2D eigenvalue weighted by Gasteiger charge is -2.20. The van der Waals surface area contributed by atoms with Crippen molar-refractivity contribution in [3.05, 3.63) is 24.7 Å². The number of fused-ring (bicyclic) bond motifs is 1. The zero-order chi connectivity index (χ0) is 10.7. The van der Waals surface area contributed by atoms with E-state index in [0.29, 0.717) is 0 Å². The van der Waals surface area contributed by atoms with Crippen LogP contribution in [0.25, 0.3) is 11.0 Å². The molecule has 78 valence electrons. The Balaban J connectivity index is 2.59. The molecule has 0 aliphatic rings. The van der Waals surface area contributed by atoms with Crippen molar-refractivity contribution in [2.24, 2.45) is 0 Å². The maximum Gasteiger partial charge on any atom is 0.164 e. The number of aromatic nitrogens is 3. The Morgan fingerprint density at radius 2 is 1.93 bits per heavy atom. The Bertz CT molecular complexity index is 446. The molecule has 0 aliphatic heterocycles. The second-order valence-corrected chi connectivity index (χ2v) is 3.24. The van der Waals surface area contributed by atoms with Gasteiger partial charge in [0.1, 0.15) is 12.1 Å². The van der Waals surface area contributed by atoms with Gasteiger partial charge in [0, 0.05) is 19.3 Å². The van der Waals surface area contributed by atoms with E-state index < -0.39 is 0 Å². The molecule has 0 aliphatic carbocycles. The Kier molecular flexibility index (Phi) is 2.76. The molecule has 2 rings (SSSR count). The highest BCUT2D eigenvalue weighted by atomic mass is 15.2. The molecule has 0 amide bonds. The predicted molar refractivity (Wildman–Crippen MR) is 60.9 cm³/mol. The van der Waals surface area contributed by atoms with Gasteiger partial charge >= 0.3 is 0 Å². The molecule has 0 atom stereocenters. The largest absolute Gasteiger partial charge is 0.357 e. The quantitative estimate of drug-likeness (QED) is 0.762. The minimum Gasteiger partial charge on any atom is -0.357 e. The van der Waals surface area contributed by atoms with Crippen molar-refractivity contribution in [2.45, 2.75) is 13.8 Å².